The van der Waals surface area contributed by atoms with Crippen molar-refractivity contribution in [1.82, 2.24) is 4.90 Å². The van der Waals surface area contributed by atoms with E-state index in [4.69, 9.17) is 5.73 Å². The quantitative estimate of drug-likeness (QED) is 0.790. The third-order valence-electron chi connectivity index (χ3n) is 4.93. The Kier molecular flexibility index (Phi) is 3.12. The third kappa shape index (κ3) is 2.22. The van der Waals surface area contributed by atoms with Crippen LogP contribution >= 0.6 is 0 Å². The molecular weight excluding hydrogens is 212 g/mol. The van der Waals surface area contributed by atoms with Crippen molar-refractivity contribution in [3.8, 4) is 0 Å². The molecule has 1 amide bonds. The number of hydrogen-bond donors (Lipinski definition) is 1. The van der Waals surface area contributed by atoms with Gasteiger partial charge in [-0.3, -0.25) is 4.79 Å². The largest absolute Gasteiger partial charge is 0.339 e. The summed E-state index contributed by atoms with van der Waals surface area (Å²) in [6.45, 7) is 1.60. The van der Waals surface area contributed by atoms with Crippen molar-refractivity contribution in [3.05, 3.63) is 0 Å². The van der Waals surface area contributed by atoms with Gasteiger partial charge in [0.25, 0.3) is 0 Å². The van der Waals surface area contributed by atoms with E-state index in [1.165, 1.54) is 38.5 Å². The molecule has 3 heteroatoms. The molecule has 17 heavy (non-hydrogen) atoms. The van der Waals surface area contributed by atoms with Crippen LogP contribution in [0.3, 0.4) is 0 Å². The lowest BCUT2D eigenvalue weighted by atomic mass is 9.87. The Bertz CT molecular complexity index is 301. The molecular formula is C14H24N2O. The molecule has 0 spiro atoms. The molecule has 0 aromatic rings. The second kappa shape index (κ2) is 4.60. The molecule has 2 bridgehead atoms. The molecule has 0 radical (unpaired) electrons. The normalized spacial score (nSPS) is 35.2. The van der Waals surface area contributed by atoms with E-state index in [-0.39, 0.29) is 0 Å². The molecule has 0 heterocycles. The predicted molar refractivity (Wildman–Crippen MR) is 67.3 cm³/mol. The lowest BCUT2D eigenvalue weighted by Crippen LogP contribution is -2.40. The summed E-state index contributed by atoms with van der Waals surface area (Å²) in [6.07, 6.45) is 8.58. The smallest absolute Gasteiger partial charge is 0.226 e. The van der Waals surface area contributed by atoms with Crippen molar-refractivity contribution >= 4 is 5.91 Å². The van der Waals surface area contributed by atoms with Crippen LogP contribution in [0.25, 0.3) is 0 Å². The predicted octanol–water partition coefficient (Wildman–Crippen LogP) is 1.76. The van der Waals surface area contributed by atoms with Crippen molar-refractivity contribution in [1.29, 1.82) is 0 Å². The number of nitrogens with zero attached hydrogens (tertiary/aromatic N) is 1. The standard InChI is InChI=1S/C14H24N2O/c15-6-1-7-16(12-4-5-12)14(17)13-9-10-2-3-11(13)8-10/h10-13H,1-9,15H2. The first-order chi connectivity index (χ1) is 8.29. The molecule has 3 aliphatic rings. The molecule has 3 atom stereocenters. The first kappa shape index (κ1) is 11.5. The van der Waals surface area contributed by atoms with Crippen LogP contribution in [0.15, 0.2) is 0 Å². The van der Waals surface area contributed by atoms with Crippen LogP contribution in [0.5, 0.6) is 0 Å². The number of rotatable bonds is 5. The first-order valence-electron chi connectivity index (χ1n) is 7.30. The van der Waals surface area contributed by atoms with Crippen LogP contribution in [0.1, 0.15) is 44.9 Å². The fourth-order valence-corrected chi connectivity index (χ4v) is 3.88. The van der Waals surface area contributed by atoms with E-state index in [0.29, 0.717) is 30.3 Å². The Morgan fingerprint density at radius 3 is 2.53 bits per heavy atom. The van der Waals surface area contributed by atoms with Gasteiger partial charge in [-0.15, -0.1) is 0 Å². The summed E-state index contributed by atoms with van der Waals surface area (Å²) < 4.78 is 0. The first-order valence-corrected chi connectivity index (χ1v) is 7.30. The summed E-state index contributed by atoms with van der Waals surface area (Å²) in [6, 6.07) is 0.563. The highest BCUT2D eigenvalue weighted by Gasteiger charge is 2.46. The second-order valence-corrected chi connectivity index (χ2v) is 6.19. The number of carbonyl (C=O) groups excluding carboxylic acids is 1. The van der Waals surface area contributed by atoms with Crippen LogP contribution < -0.4 is 5.73 Å². The van der Waals surface area contributed by atoms with Crippen molar-refractivity contribution in [3.63, 3.8) is 0 Å². The molecule has 2 N–H and O–H groups in total. The average Bonchev–Trinajstić information content (AvgIpc) is 2.96. The van der Waals surface area contributed by atoms with Crippen molar-refractivity contribution < 1.29 is 4.79 Å². The maximum Gasteiger partial charge on any atom is 0.226 e. The van der Waals surface area contributed by atoms with Gasteiger partial charge in [-0.1, -0.05) is 6.42 Å². The molecule has 0 aliphatic heterocycles. The van der Waals surface area contributed by atoms with E-state index in [2.05, 4.69) is 4.90 Å². The van der Waals surface area contributed by atoms with Gasteiger partial charge in [-0.05, 0) is 56.9 Å². The molecule has 0 aromatic carbocycles. The number of nitrogens with two attached hydrogens (primary N) is 1. The Morgan fingerprint density at radius 2 is 2.00 bits per heavy atom. The molecule has 96 valence electrons. The minimum Gasteiger partial charge on any atom is -0.339 e. The van der Waals surface area contributed by atoms with Crippen molar-refractivity contribution in [2.45, 2.75) is 51.0 Å². The van der Waals surface area contributed by atoms with Gasteiger partial charge in [0, 0.05) is 18.5 Å². The highest BCUT2D eigenvalue weighted by molar-refractivity contribution is 5.80. The zero-order chi connectivity index (χ0) is 11.8. The number of hydrogen-bond acceptors (Lipinski definition) is 2. The molecule has 3 saturated carbocycles. The Morgan fingerprint density at radius 1 is 1.18 bits per heavy atom. The Labute approximate surface area is 104 Å². The van der Waals surface area contributed by atoms with Crippen LogP contribution in [0.4, 0.5) is 0 Å². The summed E-state index contributed by atoms with van der Waals surface area (Å²) in [5.41, 5.74) is 5.57. The summed E-state index contributed by atoms with van der Waals surface area (Å²) in [5.74, 6) is 2.41. The number of amides is 1. The zero-order valence-electron chi connectivity index (χ0n) is 10.6. The zero-order valence-corrected chi connectivity index (χ0v) is 10.6. The minimum absolute atomic E-state index is 0.368. The fraction of sp³-hybridized carbons (Fsp3) is 0.929. The van der Waals surface area contributed by atoms with Gasteiger partial charge < -0.3 is 10.6 Å². The molecule has 3 aliphatic carbocycles. The highest BCUT2D eigenvalue weighted by Crippen LogP contribution is 2.49. The van der Waals surface area contributed by atoms with E-state index >= 15 is 0 Å². The van der Waals surface area contributed by atoms with Crippen LogP contribution in [0.2, 0.25) is 0 Å². The minimum atomic E-state index is 0.368. The summed E-state index contributed by atoms with van der Waals surface area (Å²) in [7, 11) is 0. The van der Waals surface area contributed by atoms with Crippen molar-refractivity contribution in [2.24, 2.45) is 23.5 Å². The Hall–Kier alpha value is -0.570. The lowest BCUT2D eigenvalue weighted by Gasteiger charge is -2.29. The SMILES string of the molecule is NCCCN(C(=O)C1CC2CCC1C2)C1CC1. The highest BCUT2D eigenvalue weighted by atomic mass is 16.2. The fourth-order valence-electron chi connectivity index (χ4n) is 3.88. The summed E-state index contributed by atoms with van der Waals surface area (Å²) in [4.78, 5) is 14.8. The van der Waals surface area contributed by atoms with Gasteiger partial charge >= 0.3 is 0 Å². The van der Waals surface area contributed by atoms with Gasteiger partial charge in [-0.2, -0.15) is 0 Å². The second-order valence-electron chi connectivity index (χ2n) is 6.19. The lowest BCUT2D eigenvalue weighted by molar-refractivity contribution is -0.137. The molecule has 3 nitrogen and oxygen atoms in total. The van der Waals surface area contributed by atoms with Gasteiger partial charge in [0.2, 0.25) is 5.91 Å². The van der Waals surface area contributed by atoms with E-state index in [9.17, 15) is 4.79 Å². The van der Waals surface area contributed by atoms with Crippen LogP contribution in [0, 0.1) is 17.8 Å². The topological polar surface area (TPSA) is 46.3 Å². The van der Waals surface area contributed by atoms with E-state index in [1.54, 1.807) is 0 Å². The molecule has 0 aromatic heterocycles. The summed E-state index contributed by atoms with van der Waals surface area (Å²) >= 11 is 0. The number of carbonyl (C=O) groups is 1. The maximum absolute atomic E-state index is 12.6. The van der Waals surface area contributed by atoms with Crippen LogP contribution in [-0.2, 0) is 4.79 Å². The molecule has 3 fully saturated rings. The summed E-state index contributed by atoms with van der Waals surface area (Å²) in [5, 5.41) is 0. The van der Waals surface area contributed by atoms with E-state index in [0.717, 1.165) is 18.9 Å². The Balaban J connectivity index is 1.62. The van der Waals surface area contributed by atoms with E-state index < -0.39 is 0 Å². The van der Waals surface area contributed by atoms with Gasteiger partial charge in [0.15, 0.2) is 0 Å². The van der Waals surface area contributed by atoms with Gasteiger partial charge in [-0.25, -0.2) is 0 Å². The van der Waals surface area contributed by atoms with Gasteiger partial charge in [0.1, 0.15) is 0 Å². The van der Waals surface area contributed by atoms with Crippen LogP contribution in [-0.4, -0.2) is 29.9 Å². The number of fused-ring (bicyclic) bond motifs is 2. The third-order valence-corrected chi connectivity index (χ3v) is 4.93. The monoisotopic (exact) mass is 236 g/mol. The molecule has 3 rings (SSSR count). The average molecular weight is 236 g/mol. The van der Waals surface area contributed by atoms with Crippen molar-refractivity contribution in [2.75, 3.05) is 13.1 Å². The maximum atomic E-state index is 12.6. The van der Waals surface area contributed by atoms with E-state index in [1.807, 2.05) is 0 Å². The molecule has 3 unspecified atom stereocenters. The molecule has 0 saturated heterocycles. The van der Waals surface area contributed by atoms with Gasteiger partial charge in [0.05, 0.1) is 0 Å².